The van der Waals surface area contributed by atoms with Gasteiger partial charge in [-0.05, 0) is 52.4 Å². The zero-order valence-electron chi connectivity index (χ0n) is 18.4. The quantitative estimate of drug-likeness (QED) is 0.559. The lowest BCUT2D eigenvalue weighted by molar-refractivity contribution is -0.172. The molecule has 0 aliphatic heterocycles. The number of amides is 2. The van der Waals surface area contributed by atoms with Crippen molar-refractivity contribution >= 4 is 11.8 Å². The van der Waals surface area contributed by atoms with Crippen LogP contribution < -0.4 is 5.73 Å². The number of carbonyl (C=O) groups is 2. The van der Waals surface area contributed by atoms with Crippen molar-refractivity contribution in [2.45, 2.75) is 104 Å². The van der Waals surface area contributed by atoms with E-state index in [4.69, 9.17) is 5.73 Å². The molecule has 1 aliphatic rings. The highest BCUT2D eigenvalue weighted by Crippen LogP contribution is 2.43. The Labute approximate surface area is 164 Å². The number of aliphatic hydroxyl groups is 2. The Hall–Kier alpha value is -1.14. The number of carbonyl (C=O) groups excluding carboxylic acids is 2. The minimum Gasteiger partial charge on any atom is -0.388 e. The maximum Gasteiger partial charge on any atom is 0.238 e. The zero-order valence-corrected chi connectivity index (χ0v) is 18.4. The first-order valence-corrected chi connectivity index (χ1v) is 10.1. The third-order valence-corrected chi connectivity index (χ3v) is 5.88. The van der Waals surface area contributed by atoms with Crippen molar-refractivity contribution in [3.8, 4) is 0 Å². The van der Waals surface area contributed by atoms with E-state index in [-0.39, 0.29) is 17.7 Å². The predicted molar refractivity (Wildman–Crippen MR) is 107 cm³/mol. The average molecular weight is 385 g/mol. The number of primary amides is 1. The highest BCUT2D eigenvalue weighted by Gasteiger charge is 2.55. The maximum atomic E-state index is 13.9. The largest absolute Gasteiger partial charge is 0.388 e. The van der Waals surface area contributed by atoms with Crippen molar-refractivity contribution in [3.63, 3.8) is 0 Å². The molecule has 0 bridgehead atoms. The molecule has 2 unspecified atom stereocenters. The Morgan fingerprint density at radius 1 is 0.889 bits per heavy atom. The molecule has 0 heterocycles. The van der Waals surface area contributed by atoms with Crippen molar-refractivity contribution in [3.05, 3.63) is 0 Å². The van der Waals surface area contributed by atoms with E-state index < -0.39 is 34.6 Å². The van der Waals surface area contributed by atoms with Crippen LogP contribution in [0.4, 0.5) is 0 Å². The van der Waals surface area contributed by atoms with Crippen molar-refractivity contribution in [2.75, 3.05) is 0 Å². The summed E-state index contributed by atoms with van der Waals surface area (Å²) in [5.41, 5.74) is 2.06. The molecule has 1 rings (SSSR count). The van der Waals surface area contributed by atoms with E-state index in [2.05, 4.69) is 0 Å². The molecule has 0 aromatic carbocycles. The van der Waals surface area contributed by atoms with Crippen molar-refractivity contribution < 1.29 is 19.8 Å². The van der Waals surface area contributed by atoms with E-state index in [1.165, 1.54) is 0 Å². The van der Waals surface area contributed by atoms with E-state index in [1.54, 1.807) is 32.6 Å². The van der Waals surface area contributed by atoms with Crippen LogP contribution in [-0.4, -0.2) is 50.2 Å². The van der Waals surface area contributed by atoms with Gasteiger partial charge in [0.1, 0.15) is 5.41 Å². The summed E-state index contributed by atoms with van der Waals surface area (Å²) in [6.07, 6.45) is 2.38. The summed E-state index contributed by atoms with van der Waals surface area (Å²) < 4.78 is 0. The molecule has 0 aromatic heterocycles. The molecule has 0 saturated heterocycles. The molecule has 6 nitrogen and oxygen atoms in total. The smallest absolute Gasteiger partial charge is 0.238 e. The SMILES string of the molecule is CC(C)C(N(C(=O)C1(C(N)=O)CCCC1)C(C(C)C)C(C)(C)O)C(C)(C)O. The molecule has 6 heteroatoms. The van der Waals surface area contributed by atoms with Crippen molar-refractivity contribution in [1.82, 2.24) is 4.90 Å². The highest BCUT2D eigenvalue weighted by atomic mass is 16.3. The Balaban J connectivity index is 3.67. The predicted octanol–water partition coefficient (Wildman–Crippen LogP) is 2.45. The summed E-state index contributed by atoms with van der Waals surface area (Å²) >= 11 is 0. The lowest BCUT2D eigenvalue weighted by Gasteiger charge is -2.52. The van der Waals surface area contributed by atoms with Crippen LogP contribution in [0.25, 0.3) is 0 Å². The molecule has 1 saturated carbocycles. The summed E-state index contributed by atoms with van der Waals surface area (Å²) in [4.78, 5) is 27.9. The Morgan fingerprint density at radius 2 is 1.22 bits per heavy atom. The Bertz CT molecular complexity index is 511. The van der Waals surface area contributed by atoms with Gasteiger partial charge in [-0.25, -0.2) is 0 Å². The van der Waals surface area contributed by atoms with E-state index in [9.17, 15) is 19.8 Å². The fourth-order valence-corrected chi connectivity index (χ4v) is 5.17. The number of hydrogen-bond acceptors (Lipinski definition) is 4. The molecule has 4 N–H and O–H groups in total. The topological polar surface area (TPSA) is 104 Å². The van der Waals surface area contributed by atoms with Crippen LogP contribution in [0.5, 0.6) is 0 Å². The number of nitrogens with zero attached hydrogens (tertiary/aromatic N) is 1. The molecular formula is C21H40N2O4. The summed E-state index contributed by atoms with van der Waals surface area (Å²) in [6, 6.07) is -1.14. The Morgan fingerprint density at radius 3 is 1.44 bits per heavy atom. The molecule has 1 fully saturated rings. The third kappa shape index (κ3) is 4.83. The van der Waals surface area contributed by atoms with Crippen LogP contribution >= 0.6 is 0 Å². The normalized spacial score (nSPS) is 20.0. The minimum absolute atomic E-state index is 0.0797. The van der Waals surface area contributed by atoms with E-state index >= 15 is 0 Å². The fraction of sp³-hybridized carbons (Fsp3) is 0.905. The first-order chi connectivity index (χ1) is 12.1. The molecular weight excluding hydrogens is 344 g/mol. The van der Waals surface area contributed by atoms with Crippen molar-refractivity contribution in [2.24, 2.45) is 23.0 Å². The van der Waals surface area contributed by atoms with Gasteiger partial charge in [-0.15, -0.1) is 0 Å². The number of hydrogen-bond donors (Lipinski definition) is 3. The summed E-state index contributed by atoms with van der Waals surface area (Å²) in [5, 5.41) is 21.9. The second-order valence-corrected chi connectivity index (χ2v) is 10.1. The molecule has 0 spiro atoms. The monoisotopic (exact) mass is 384 g/mol. The van der Waals surface area contributed by atoms with Gasteiger partial charge in [-0.1, -0.05) is 40.5 Å². The van der Waals surface area contributed by atoms with Crippen molar-refractivity contribution in [1.29, 1.82) is 0 Å². The third-order valence-electron chi connectivity index (χ3n) is 5.88. The minimum atomic E-state index is -1.25. The van der Waals surface area contributed by atoms with Crippen LogP contribution in [0.15, 0.2) is 0 Å². The van der Waals surface area contributed by atoms with Crippen LogP contribution in [-0.2, 0) is 9.59 Å². The van der Waals surface area contributed by atoms with Gasteiger partial charge < -0.3 is 20.8 Å². The van der Waals surface area contributed by atoms with Gasteiger partial charge in [0.05, 0.1) is 23.3 Å². The van der Waals surface area contributed by atoms with Crippen LogP contribution in [0.1, 0.15) is 81.1 Å². The van der Waals surface area contributed by atoms with Crippen LogP contribution in [0.3, 0.4) is 0 Å². The number of rotatable bonds is 8. The van der Waals surface area contributed by atoms with Crippen LogP contribution in [0.2, 0.25) is 0 Å². The molecule has 2 atom stereocenters. The van der Waals surface area contributed by atoms with Gasteiger partial charge in [-0.2, -0.15) is 0 Å². The molecule has 1 aliphatic carbocycles. The standard InChI is InChI=1S/C21H40N2O4/c1-13(2)15(19(5,6)26)23(16(14(3)4)20(7,8)27)18(25)21(17(22)24)11-9-10-12-21/h13-16,26-27H,9-12H2,1-8H3,(H2,22,24). The Kier molecular flexibility index (Phi) is 7.15. The summed E-state index contributed by atoms with van der Waals surface area (Å²) in [7, 11) is 0. The van der Waals surface area contributed by atoms with E-state index in [0.717, 1.165) is 12.8 Å². The van der Waals surface area contributed by atoms with Gasteiger partial charge in [0, 0.05) is 0 Å². The summed E-state index contributed by atoms with van der Waals surface area (Å²) in [6.45, 7) is 14.5. The van der Waals surface area contributed by atoms with Gasteiger partial charge in [0.25, 0.3) is 0 Å². The van der Waals surface area contributed by atoms with Crippen LogP contribution in [0, 0.1) is 17.3 Å². The number of nitrogens with two attached hydrogens (primary N) is 1. The average Bonchev–Trinajstić information content (AvgIpc) is 2.92. The maximum absolute atomic E-state index is 13.9. The van der Waals surface area contributed by atoms with Gasteiger partial charge >= 0.3 is 0 Å². The molecule has 158 valence electrons. The fourth-order valence-electron chi connectivity index (χ4n) is 5.17. The first-order valence-electron chi connectivity index (χ1n) is 10.1. The second-order valence-electron chi connectivity index (χ2n) is 10.1. The molecule has 0 aromatic rings. The van der Waals surface area contributed by atoms with E-state index in [1.807, 2.05) is 27.7 Å². The highest BCUT2D eigenvalue weighted by molar-refractivity contribution is 6.05. The van der Waals surface area contributed by atoms with E-state index in [0.29, 0.717) is 12.8 Å². The van der Waals surface area contributed by atoms with Gasteiger partial charge in [0.15, 0.2) is 0 Å². The molecule has 0 radical (unpaired) electrons. The zero-order chi connectivity index (χ0) is 21.4. The summed E-state index contributed by atoms with van der Waals surface area (Å²) in [5.74, 6) is -1.12. The van der Waals surface area contributed by atoms with Gasteiger partial charge in [-0.3, -0.25) is 9.59 Å². The first kappa shape index (κ1) is 23.9. The molecule has 2 amide bonds. The lowest BCUT2D eigenvalue weighted by atomic mass is 9.76. The second kappa shape index (κ2) is 8.08. The van der Waals surface area contributed by atoms with Gasteiger partial charge in [0.2, 0.25) is 11.8 Å². The molecule has 27 heavy (non-hydrogen) atoms. The lowest BCUT2D eigenvalue weighted by Crippen LogP contribution is -2.67.